The first-order valence-electron chi connectivity index (χ1n) is 3.28. The van der Waals surface area contributed by atoms with Gasteiger partial charge in [0, 0.05) is 13.0 Å². The van der Waals surface area contributed by atoms with E-state index in [2.05, 4.69) is 4.98 Å². The molecule has 3 nitrogen and oxygen atoms in total. The molecule has 0 saturated heterocycles. The standard InChI is InChI=1S/C7H9ClN2O/c1-5-3-6(2)10(11)7(4-8)9-5/h3H,4H2,1-2H3. The highest BCUT2D eigenvalue weighted by atomic mass is 35.5. The molecule has 0 aromatic carbocycles. The average molecular weight is 173 g/mol. The zero-order valence-corrected chi connectivity index (χ0v) is 7.22. The summed E-state index contributed by atoms with van der Waals surface area (Å²) >= 11 is 5.49. The van der Waals surface area contributed by atoms with Crippen LogP contribution in [0.15, 0.2) is 6.07 Å². The molecule has 1 aromatic heterocycles. The molecule has 1 aromatic rings. The predicted molar refractivity (Wildman–Crippen MR) is 42.2 cm³/mol. The molecule has 1 rings (SSSR count). The van der Waals surface area contributed by atoms with Crippen molar-refractivity contribution in [3.05, 3.63) is 28.5 Å². The van der Waals surface area contributed by atoms with Gasteiger partial charge < -0.3 is 5.21 Å². The number of aromatic nitrogens is 2. The van der Waals surface area contributed by atoms with Gasteiger partial charge in [0.2, 0.25) is 0 Å². The van der Waals surface area contributed by atoms with Gasteiger partial charge in [-0.05, 0) is 11.9 Å². The predicted octanol–water partition coefficient (Wildman–Crippen LogP) is 1.07. The van der Waals surface area contributed by atoms with E-state index >= 15 is 0 Å². The molecular weight excluding hydrogens is 164 g/mol. The van der Waals surface area contributed by atoms with Crippen LogP contribution in [0.2, 0.25) is 0 Å². The molecule has 0 saturated carbocycles. The lowest BCUT2D eigenvalue weighted by Gasteiger charge is -2.07. The van der Waals surface area contributed by atoms with Crippen molar-refractivity contribution in [2.45, 2.75) is 19.7 Å². The van der Waals surface area contributed by atoms with E-state index < -0.39 is 0 Å². The van der Waals surface area contributed by atoms with Gasteiger partial charge in [0.25, 0.3) is 0 Å². The molecule has 0 radical (unpaired) electrons. The molecule has 0 aliphatic heterocycles. The van der Waals surface area contributed by atoms with Crippen LogP contribution in [0.4, 0.5) is 0 Å². The minimum absolute atomic E-state index is 0.159. The molecule has 4 heteroatoms. The maximum absolute atomic E-state index is 11.1. The highest BCUT2D eigenvalue weighted by Crippen LogP contribution is 1.98. The summed E-state index contributed by atoms with van der Waals surface area (Å²) in [4.78, 5) is 3.97. The second-order valence-electron chi connectivity index (χ2n) is 2.38. The first kappa shape index (κ1) is 8.27. The van der Waals surface area contributed by atoms with E-state index in [0.717, 1.165) is 10.4 Å². The molecule has 1 heterocycles. The Morgan fingerprint density at radius 2 is 2.27 bits per heavy atom. The van der Waals surface area contributed by atoms with E-state index in [1.165, 1.54) is 0 Å². The molecule has 60 valence electrons. The molecule has 11 heavy (non-hydrogen) atoms. The van der Waals surface area contributed by atoms with Crippen LogP contribution in [0.1, 0.15) is 17.2 Å². The highest BCUT2D eigenvalue weighted by molar-refractivity contribution is 6.16. The molecular formula is C7H9ClN2O. The summed E-state index contributed by atoms with van der Waals surface area (Å²) in [7, 11) is 0. The maximum Gasteiger partial charge on any atom is 0.316 e. The molecule has 0 N–H and O–H groups in total. The number of halogens is 1. The van der Waals surface area contributed by atoms with Crippen LogP contribution >= 0.6 is 11.6 Å². The fraction of sp³-hybridized carbons (Fsp3) is 0.429. The van der Waals surface area contributed by atoms with Gasteiger partial charge in [-0.2, -0.15) is 0 Å². The van der Waals surface area contributed by atoms with Gasteiger partial charge in [0.1, 0.15) is 11.6 Å². The summed E-state index contributed by atoms with van der Waals surface area (Å²) in [6, 6.07) is 1.73. The molecule has 0 fully saturated rings. The van der Waals surface area contributed by atoms with E-state index in [9.17, 15) is 5.21 Å². The minimum Gasteiger partial charge on any atom is -0.711 e. The Balaban J connectivity index is 3.24. The lowest BCUT2D eigenvalue weighted by Crippen LogP contribution is -2.36. The van der Waals surface area contributed by atoms with Crippen molar-refractivity contribution < 1.29 is 4.73 Å². The Hall–Kier alpha value is -0.830. The van der Waals surface area contributed by atoms with Crippen LogP contribution in [0, 0.1) is 19.1 Å². The van der Waals surface area contributed by atoms with Gasteiger partial charge in [0.15, 0.2) is 5.69 Å². The van der Waals surface area contributed by atoms with Gasteiger partial charge in [-0.1, -0.05) is 0 Å². The Morgan fingerprint density at radius 1 is 1.64 bits per heavy atom. The number of hydrogen-bond donors (Lipinski definition) is 0. The fourth-order valence-corrected chi connectivity index (χ4v) is 1.10. The second-order valence-corrected chi connectivity index (χ2v) is 2.65. The Morgan fingerprint density at radius 3 is 2.82 bits per heavy atom. The molecule has 0 amide bonds. The third kappa shape index (κ3) is 1.60. The first-order valence-corrected chi connectivity index (χ1v) is 3.81. The largest absolute Gasteiger partial charge is 0.711 e. The van der Waals surface area contributed by atoms with Crippen molar-refractivity contribution in [3.8, 4) is 0 Å². The summed E-state index contributed by atoms with van der Waals surface area (Å²) in [5, 5.41) is 11.1. The highest BCUT2D eigenvalue weighted by Gasteiger charge is 2.08. The smallest absolute Gasteiger partial charge is 0.316 e. The monoisotopic (exact) mass is 172 g/mol. The van der Waals surface area contributed by atoms with Crippen molar-refractivity contribution in [1.29, 1.82) is 0 Å². The van der Waals surface area contributed by atoms with Gasteiger partial charge in [-0.3, -0.25) is 0 Å². The van der Waals surface area contributed by atoms with Crippen molar-refractivity contribution >= 4 is 11.6 Å². The average Bonchev–Trinajstić information content (AvgIpc) is 1.96. The number of rotatable bonds is 1. The van der Waals surface area contributed by atoms with Crippen LogP contribution in [-0.4, -0.2) is 4.98 Å². The van der Waals surface area contributed by atoms with Gasteiger partial charge in [-0.25, -0.2) is 4.73 Å². The van der Waals surface area contributed by atoms with Crippen molar-refractivity contribution in [1.82, 2.24) is 4.98 Å². The molecule has 0 aliphatic rings. The summed E-state index contributed by atoms with van der Waals surface area (Å²) in [5.41, 5.74) is 1.46. The van der Waals surface area contributed by atoms with Crippen LogP contribution < -0.4 is 4.73 Å². The first-order chi connectivity index (χ1) is 5.15. The number of hydrogen-bond acceptors (Lipinski definition) is 2. The van der Waals surface area contributed by atoms with Gasteiger partial charge in [0.05, 0.1) is 0 Å². The zero-order valence-electron chi connectivity index (χ0n) is 6.47. The molecule has 0 bridgehead atoms. The van der Waals surface area contributed by atoms with E-state index in [1.54, 1.807) is 13.0 Å². The normalized spacial score (nSPS) is 10.1. The molecule has 0 spiro atoms. The van der Waals surface area contributed by atoms with Crippen LogP contribution in [-0.2, 0) is 5.88 Å². The lowest BCUT2D eigenvalue weighted by atomic mass is 10.3. The van der Waals surface area contributed by atoms with Gasteiger partial charge in [-0.15, -0.1) is 11.6 Å². The third-order valence-electron chi connectivity index (χ3n) is 1.40. The molecule has 0 atom stereocenters. The summed E-state index contributed by atoms with van der Waals surface area (Å²) < 4.78 is 0.750. The molecule has 0 unspecified atom stereocenters. The summed E-state index contributed by atoms with van der Waals surface area (Å²) in [6.07, 6.45) is 0. The quantitative estimate of drug-likeness (QED) is 0.361. The van der Waals surface area contributed by atoms with E-state index in [4.69, 9.17) is 11.6 Å². The second kappa shape index (κ2) is 3.05. The van der Waals surface area contributed by atoms with E-state index in [0.29, 0.717) is 11.5 Å². The van der Waals surface area contributed by atoms with Crippen molar-refractivity contribution in [2.24, 2.45) is 0 Å². The van der Waals surface area contributed by atoms with E-state index in [-0.39, 0.29) is 5.88 Å². The maximum atomic E-state index is 11.1. The van der Waals surface area contributed by atoms with Gasteiger partial charge >= 0.3 is 5.82 Å². The zero-order chi connectivity index (χ0) is 8.43. The number of aryl methyl sites for hydroxylation is 2. The lowest BCUT2D eigenvalue weighted by molar-refractivity contribution is -0.623. The minimum atomic E-state index is 0.159. The number of alkyl halides is 1. The number of nitrogens with zero attached hydrogens (tertiary/aromatic N) is 2. The van der Waals surface area contributed by atoms with Crippen LogP contribution in [0.5, 0.6) is 0 Å². The molecule has 0 aliphatic carbocycles. The topological polar surface area (TPSA) is 39.8 Å². The third-order valence-corrected chi connectivity index (χ3v) is 1.64. The summed E-state index contributed by atoms with van der Waals surface area (Å²) in [5.74, 6) is 0.524. The van der Waals surface area contributed by atoms with Crippen LogP contribution in [0.3, 0.4) is 0 Å². The van der Waals surface area contributed by atoms with Crippen molar-refractivity contribution in [3.63, 3.8) is 0 Å². The fourth-order valence-electron chi connectivity index (χ4n) is 0.930. The Kier molecular flexibility index (Phi) is 2.29. The Labute approximate surface area is 70.2 Å². The van der Waals surface area contributed by atoms with E-state index in [1.807, 2.05) is 6.92 Å². The van der Waals surface area contributed by atoms with Crippen molar-refractivity contribution in [2.75, 3.05) is 0 Å². The Bertz CT molecular complexity index is 275. The SMILES string of the molecule is Cc1cc(C)[n+]([O-])c(CCl)n1. The summed E-state index contributed by atoms with van der Waals surface area (Å²) in [6.45, 7) is 3.57. The van der Waals surface area contributed by atoms with Crippen LogP contribution in [0.25, 0.3) is 0 Å².